The number of carbonyl (C=O) groups excluding carboxylic acids is 1. The monoisotopic (exact) mass is 484 g/mol. The molecule has 0 unspecified atom stereocenters. The number of phenols is 1. The van der Waals surface area contributed by atoms with Crippen LogP contribution >= 0.6 is 23.4 Å². The number of nitrogens with one attached hydrogen (secondary N) is 2. The van der Waals surface area contributed by atoms with Gasteiger partial charge < -0.3 is 5.11 Å². The second kappa shape index (κ2) is 10.9. The Balaban J connectivity index is 1.48. The van der Waals surface area contributed by atoms with Crippen molar-refractivity contribution in [1.82, 2.24) is 15.6 Å². The molecule has 33 heavy (non-hydrogen) atoms. The van der Waals surface area contributed by atoms with Crippen molar-refractivity contribution in [2.75, 3.05) is 5.75 Å². The lowest BCUT2D eigenvalue weighted by Gasteiger charge is -2.21. The summed E-state index contributed by atoms with van der Waals surface area (Å²) in [4.78, 5) is 12.5. The molecule has 7 nitrogen and oxygen atoms in total. The molecule has 1 aliphatic rings. The number of rotatable bonds is 7. The van der Waals surface area contributed by atoms with Gasteiger partial charge in [-0.1, -0.05) is 30.2 Å². The number of aromatic hydroxyl groups is 1. The van der Waals surface area contributed by atoms with Gasteiger partial charge in [0.2, 0.25) is 0 Å². The van der Waals surface area contributed by atoms with Crippen LogP contribution in [0.2, 0.25) is 5.02 Å². The van der Waals surface area contributed by atoms with E-state index in [1.165, 1.54) is 31.0 Å². The molecule has 0 bridgehead atoms. The molecule has 1 aliphatic carbocycles. The van der Waals surface area contributed by atoms with Gasteiger partial charge in [0.05, 0.1) is 28.2 Å². The van der Waals surface area contributed by atoms with E-state index in [4.69, 9.17) is 11.6 Å². The fourth-order valence-corrected chi connectivity index (χ4v) is 4.98. The van der Waals surface area contributed by atoms with E-state index in [2.05, 4.69) is 25.3 Å². The maximum atomic E-state index is 12.5. The molecule has 1 saturated carbocycles. The van der Waals surface area contributed by atoms with Crippen molar-refractivity contribution in [2.45, 2.75) is 50.2 Å². The van der Waals surface area contributed by atoms with Gasteiger partial charge in [0.25, 0.3) is 11.7 Å². The zero-order valence-corrected chi connectivity index (χ0v) is 20.0. The SMILES string of the molecule is C/C(=N\NC(=O)CSc1n[nH]c(-c2ccc(Cl)cc2)[n+]1C1CCCCC1)c1ccccc1O. The molecule has 9 heteroatoms. The zero-order chi connectivity index (χ0) is 23.2. The van der Waals surface area contributed by atoms with Gasteiger partial charge >= 0.3 is 5.16 Å². The average Bonchev–Trinajstić information content (AvgIpc) is 3.26. The number of amides is 1. The van der Waals surface area contributed by atoms with Gasteiger partial charge in [-0.2, -0.15) is 5.10 Å². The van der Waals surface area contributed by atoms with E-state index in [1.807, 2.05) is 30.3 Å². The fraction of sp³-hybridized carbons (Fsp3) is 0.333. The number of phenolic OH excluding ortho intramolecular Hbond substituents is 1. The number of H-pyrrole nitrogens is 1. The number of nitrogens with zero attached hydrogens (tertiary/aromatic N) is 3. The quantitative estimate of drug-likeness (QED) is 0.193. The van der Waals surface area contributed by atoms with Gasteiger partial charge in [0, 0.05) is 10.6 Å². The Morgan fingerprint density at radius 2 is 1.94 bits per heavy atom. The first kappa shape index (κ1) is 23.3. The number of hydrogen-bond acceptors (Lipinski definition) is 5. The van der Waals surface area contributed by atoms with Crippen molar-refractivity contribution < 1.29 is 14.5 Å². The van der Waals surface area contributed by atoms with E-state index in [-0.39, 0.29) is 17.4 Å². The van der Waals surface area contributed by atoms with Crippen molar-refractivity contribution >= 4 is 35.0 Å². The van der Waals surface area contributed by atoms with Crippen molar-refractivity contribution in [3.63, 3.8) is 0 Å². The maximum Gasteiger partial charge on any atom is 0.337 e. The minimum atomic E-state index is -0.235. The van der Waals surface area contributed by atoms with E-state index < -0.39 is 0 Å². The summed E-state index contributed by atoms with van der Waals surface area (Å²) in [5.74, 6) is 0.993. The number of halogens is 1. The van der Waals surface area contributed by atoms with Crippen LogP contribution in [0.3, 0.4) is 0 Å². The number of aromatic amines is 1. The third kappa shape index (κ3) is 5.75. The highest BCUT2D eigenvalue weighted by Crippen LogP contribution is 2.29. The molecule has 0 saturated heterocycles. The number of para-hydroxylation sites is 1. The normalized spacial score (nSPS) is 14.9. The molecule has 4 rings (SSSR count). The highest BCUT2D eigenvalue weighted by Gasteiger charge is 2.30. The van der Waals surface area contributed by atoms with Gasteiger partial charge in [-0.3, -0.25) is 4.79 Å². The Bertz CT molecular complexity index is 1140. The molecule has 0 atom stereocenters. The largest absolute Gasteiger partial charge is 0.507 e. The molecule has 2 aromatic carbocycles. The summed E-state index contributed by atoms with van der Waals surface area (Å²) in [7, 11) is 0. The molecular formula is C24H27ClN5O2S+. The third-order valence-electron chi connectivity index (χ3n) is 5.74. The first-order valence-electron chi connectivity index (χ1n) is 11.0. The number of carbonyl (C=O) groups is 1. The van der Waals surface area contributed by atoms with Crippen LogP contribution in [0.15, 0.2) is 58.8 Å². The van der Waals surface area contributed by atoms with Crippen LogP contribution < -0.4 is 9.99 Å². The maximum absolute atomic E-state index is 12.5. The lowest BCUT2D eigenvalue weighted by molar-refractivity contribution is -0.749. The Morgan fingerprint density at radius 1 is 1.21 bits per heavy atom. The second-order valence-electron chi connectivity index (χ2n) is 8.06. The van der Waals surface area contributed by atoms with E-state index in [0.29, 0.717) is 22.3 Å². The highest BCUT2D eigenvalue weighted by molar-refractivity contribution is 7.99. The molecule has 0 spiro atoms. The van der Waals surface area contributed by atoms with Gasteiger partial charge in [0.15, 0.2) is 0 Å². The molecule has 0 aliphatic heterocycles. The number of hydrogen-bond donors (Lipinski definition) is 3. The van der Waals surface area contributed by atoms with Crippen molar-refractivity contribution in [2.24, 2.45) is 5.10 Å². The summed E-state index contributed by atoms with van der Waals surface area (Å²) in [6.45, 7) is 1.74. The lowest BCUT2D eigenvalue weighted by Crippen LogP contribution is -2.43. The third-order valence-corrected chi connectivity index (χ3v) is 6.94. The Labute approximate surface area is 202 Å². The summed E-state index contributed by atoms with van der Waals surface area (Å²) in [6, 6.07) is 14.9. The van der Waals surface area contributed by atoms with E-state index in [1.54, 1.807) is 25.1 Å². The molecule has 172 valence electrons. The number of hydrazone groups is 1. The van der Waals surface area contributed by atoms with Crippen LogP contribution in [0.1, 0.15) is 50.6 Å². The van der Waals surface area contributed by atoms with Crippen molar-refractivity contribution in [1.29, 1.82) is 0 Å². The van der Waals surface area contributed by atoms with Gasteiger partial charge in [0.1, 0.15) is 5.75 Å². The average molecular weight is 485 g/mol. The van der Waals surface area contributed by atoms with Crippen molar-refractivity contribution in [3.05, 3.63) is 59.1 Å². The minimum Gasteiger partial charge on any atom is -0.507 e. The Morgan fingerprint density at radius 3 is 2.67 bits per heavy atom. The Hall–Kier alpha value is -2.84. The molecule has 1 aromatic heterocycles. The van der Waals surface area contributed by atoms with Crippen LogP contribution in [-0.4, -0.2) is 32.7 Å². The molecular weight excluding hydrogens is 458 g/mol. The van der Waals surface area contributed by atoms with Crippen LogP contribution in [-0.2, 0) is 4.79 Å². The van der Waals surface area contributed by atoms with Crippen molar-refractivity contribution in [3.8, 4) is 17.1 Å². The molecule has 1 fully saturated rings. The molecule has 0 radical (unpaired) electrons. The van der Waals surface area contributed by atoms with Crippen LogP contribution in [0.5, 0.6) is 5.75 Å². The summed E-state index contributed by atoms with van der Waals surface area (Å²) >= 11 is 7.45. The fourth-order valence-electron chi connectivity index (χ4n) is 4.04. The van der Waals surface area contributed by atoms with Crippen LogP contribution in [0.4, 0.5) is 0 Å². The topological polar surface area (TPSA) is 94.2 Å². The summed E-state index contributed by atoms with van der Waals surface area (Å²) in [6.07, 6.45) is 5.81. The first-order valence-corrected chi connectivity index (χ1v) is 12.4. The molecule has 3 N–H and O–H groups in total. The summed E-state index contributed by atoms with van der Waals surface area (Å²) in [5.41, 5.74) is 4.71. The summed E-state index contributed by atoms with van der Waals surface area (Å²) in [5, 5.41) is 23.3. The predicted molar refractivity (Wildman–Crippen MR) is 131 cm³/mol. The predicted octanol–water partition coefficient (Wildman–Crippen LogP) is 4.86. The Kier molecular flexibility index (Phi) is 7.67. The zero-order valence-electron chi connectivity index (χ0n) is 18.4. The van der Waals surface area contributed by atoms with E-state index in [9.17, 15) is 9.90 Å². The molecule has 1 heterocycles. The van der Waals surface area contributed by atoms with Crippen LogP contribution in [0, 0.1) is 0 Å². The molecule has 3 aromatic rings. The smallest absolute Gasteiger partial charge is 0.337 e. The highest BCUT2D eigenvalue weighted by atomic mass is 35.5. The van der Waals surface area contributed by atoms with Gasteiger partial charge in [-0.05, 0) is 80.8 Å². The lowest BCUT2D eigenvalue weighted by atomic mass is 9.95. The number of thioether (sulfide) groups is 1. The van der Waals surface area contributed by atoms with E-state index >= 15 is 0 Å². The summed E-state index contributed by atoms with van der Waals surface area (Å²) < 4.78 is 2.23. The number of benzene rings is 2. The number of aromatic nitrogens is 3. The first-order chi connectivity index (χ1) is 16.0. The molecule has 1 amide bonds. The van der Waals surface area contributed by atoms with Crippen LogP contribution in [0.25, 0.3) is 11.4 Å². The second-order valence-corrected chi connectivity index (χ2v) is 9.44. The van der Waals surface area contributed by atoms with E-state index in [0.717, 1.165) is 29.4 Å². The minimum absolute atomic E-state index is 0.127. The van der Waals surface area contributed by atoms with Gasteiger partial charge in [-0.15, -0.1) is 5.10 Å². The standard InChI is InChI=1S/C24H26ClN5O2S/c1-16(20-9-5-6-10-21(20)31)26-27-22(32)15-33-24-29-28-23(17-11-13-18(25)14-12-17)30(24)19-7-3-2-4-8-19/h5-6,9-14,19H,2-4,7-8,15H2,1H3,(H2,26,27,31,32)/p+1. The van der Waals surface area contributed by atoms with Gasteiger partial charge in [-0.25, -0.2) is 9.99 Å².